The minimum absolute atomic E-state index is 0.0202. The van der Waals surface area contributed by atoms with Gasteiger partial charge >= 0.3 is 0 Å². The molecule has 0 aliphatic rings. The minimum Gasteiger partial charge on any atom is -0.494 e. The number of hydrogen-bond acceptors (Lipinski definition) is 7. The fourth-order valence-corrected chi connectivity index (χ4v) is 3.93. The molecule has 11 heteroatoms. The largest absolute Gasteiger partial charge is 0.494 e. The van der Waals surface area contributed by atoms with Gasteiger partial charge in [0, 0.05) is 24.8 Å². The van der Waals surface area contributed by atoms with E-state index in [1.807, 2.05) is 19.9 Å². The molecule has 30 heavy (non-hydrogen) atoms. The van der Waals surface area contributed by atoms with E-state index in [-0.39, 0.29) is 23.7 Å². The minimum atomic E-state index is -3.86. The van der Waals surface area contributed by atoms with Crippen molar-refractivity contribution in [1.29, 1.82) is 0 Å². The van der Waals surface area contributed by atoms with Crippen molar-refractivity contribution in [1.82, 2.24) is 24.5 Å². The number of methoxy groups -OCH3 is 1. The van der Waals surface area contributed by atoms with Crippen LogP contribution < -0.4 is 14.8 Å². The van der Waals surface area contributed by atoms with Gasteiger partial charge in [-0.15, -0.1) is 0 Å². The van der Waals surface area contributed by atoms with E-state index in [1.165, 1.54) is 19.2 Å². The third kappa shape index (κ3) is 4.92. The Hall–Kier alpha value is -3.05. The average molecular weight is 434 g/mol. The Morgan fingerprint density at radius 3 is 2.50 bits per heavy atom. The standard InChI is InChI=1S/C19H23FN6O3S/c1-12-9-13(2)26(25-12)19-11-18(23-14(3)24-19)21-7-8-22-30(27,28)15-5-6-17(29-4)16(20)10-15/h5-6,9-11,22H,7-8H2,1-4H3,(H,21,23,24). The van der Waals surface area contributed by atoms with Crippen LogP contribution in [0.5, 0.6) is 5.75 Å². The molecule has 0 aliphatic heterocycles. The third-order valence-electron chi connectivity index (χ3n) is 4.21. The van der Waals surface area contributed by atoms with E-state index in [2.05, 4.69) is 25.1 Å². The van der Waals surface area contributed by atoms with Crippen molar-refractivity contribution in [3.05, 3.63) is 53.4 Å². The van der Waals surface area contributed by atoms with Crippen LogP contribution in [-0.4, -0.2) is 48.4 Å². The first-order valence-corrected chi connectivity index (χ1v) is 10.6. The molecule has 160 valence electrons. The molecule has 2 aromatic heterocycles. The van der Waals surface area contributed by atoms with Crippen LogP contribution in [0.15, 0.2) is 35.2 Å². The Morgan fingerprint density at radius 2 is 1.87 bits per heavy atom. The van der Waals surface area contributed by atoms with Gasteiger partial charge in [-0.1, -0.05) is 0 Å². The Morgan fingerprint density at radius 1 is 1.10 bits per heavy atom. The molecule has 2 heterocycles. The van der Waals surface area contributed by atoms with Crippen molar-refractivity contribution in [3.8, 4) is 11.6 Å². The summed E-state index contributed by atoms with van der Waals surface area (Å²) in [4.78, 5) is 8.54. The summed E-state index contributed by atoms with van der Waals surface area (Å²) in [5.41, 5.74) is 1.82. The molecule has 0 amide bonds. The molecule has 0 aliphatic carbocycles. The van der Waals surface area contributed by atoms with Crippen LogP contribution in [0.2, 0.25) is 0 Å². The molecular formula is C19H23FN6O3S. The number of aromatic nitrogens is 4. The summed E-state index contributed by atoms with van der Waals surface area (Å²) in [5, 5.41) is 7.47. The molecule has 0 unspecified atom stereocenters. The highest BCUT2D eigenvalue weighted by atomic mass is 32.2. The summed E-state index contributed by atoms with van der Waals surface area (Å²) < 4.78 is 47.4. The topological polar surface area (TPSA) is 111 Å². The molecule has 0 bridgehead atoms. The highest BCUT2D eigenvalue weighted by molar-refractivity contribution is 7.89. The van der Waals surface area contributed by atoms with E-state index in [0.29, 0.717) is 17.5 Å². The van der Waals surface area contributed by atoms with Crippen LogP contribution in [0.4, 0.5) is 10.2 Å². The molecule has 2 N–H and O–H groups in total. The second kappa shape index (κ2) is 8.76. The second-order valence-corrected chi connectivity index (χ2v) is 8.39. The number of hydrogen-bond donors (Lipinski definition) is 2. The van der Waals surface area contributed by atoms with Gasteiger partial charge in [-0.25, -0.2) is 32.2 Å². The van der Waals surface area contributed by atoms with Crippen molar-refractivity contribution < 1.29 is 17.5 Å². The molecule has 0 fully saturated rings. The van der Waals surface area contributed by atoms with Crippen LogP contribution in [0, 0.1) is 26.6 Å². The summed E-state index contributed by atoms with van der Waals surface area (Å²) in [6.45, 7) is 5.94. The molecule has 9 nitrogen and oxygen atoms in total. The lowest BCUT2D eigenvalue weighted by atomic mass is 10.3. The normalized spacial score (nSPS) is 11.5. The maximum absolute atomic E-state index is 13.8. The molecule has 0 radical (unpaired) electrons. The molecule has 1 aromatic carbocycles. The smallest absolute Gasteiger partial charge is 0.240 e. The number of halogens is 1. The van der Waals surface area contributed by atoms with Gasteiger partial charge in [0.05, 0.1) is 17.7 Å². The quantitative estimate of drug-likeness (QED) is 0.523. The number of aryl methyl sites for hydroxylation is 3. The predicted molar refractivity (Wildman–Crippen MR) is 110 cm³/mol. The summed E-state index contributed by atoms with van der Waals surface area (Å²) in [6.07, 6.45) is 0. The highest BCUT2D eigenvalue weighted by Crippen LogP contribution is 2.20. The van der Waals surface area contributed by atoms with E-state index < -0.39 is 15.8 Å². The van der Waals surface area contributed by atoms with Gasteiger partial charge in [0.15, 0.2) is 17.4 Å². The van der Waals surface area contributed by atoms with Gasteiger partial charge in [0.25, 0.3) is 0 Å². The Kier molecular flexibility index (Phi) is 6.32. The Bertz CT molecular complexity index is 1160. The molecule has 0 atom stereocenters. The van der Waals surface area contributed by atoms with E-state index >= 15 is 0 Å². The fourth-order valence-electron chi connectivity index (χ4n) is 2.89. The molecule has 3 rings (SSSR count). The molecule has 0 saturated carbocycles. The lowest BCUT2D eigenvalue weighted by Crippen LogP contribution is -2.29. The first-order valence-electron chi connectivity index (χ1n) is 9.16. The average Bonchev–Trinajstić information content (AvgIpc) is 3.03. The van der Waals surface area contributed by atoms with Crippen LogP contribution in [0.1, 0.15) is 17.2 Å². The summed E-state index contributed by atoms with van der Waals surface area (Å²) in [5.74, 6) is 0.946. The second-order valence-electron chi connectivity index (χ2n) is 6.62. The number of nitrogens with zero attached hydrogens (tertiary/aromatic N) is 4. The lowest BCUT2D eigenvalue weighted by molar-refractivity contribution is 0.385. The number of sulfonamides is 1. The Labute approximate surface area is 174 Å². The molecule has 0 saturated heterocycles. The lowest BCUT2D eigenvalue weighted by Gasteiger charge is -2.11. The third-order valence-corrected chi connectivity index (χ3v) is 5.67. The van der Waals surface area contributed by atoms with E-state index in [0.717, 1.165) is 17.5 Å². The summed E-state index contributed by atoms with van der Waals surface area (Å²) in [6, 6.07) is 7.16. The van der Waals surface area contributed by atoms with Crippen molar-refractivity contribution >= 4 is 15.8 Å². The molecule has 3 aromatic rings. The van der Waals surface area contributed by atoms with Gasteiger partial charge in [-0.05, 0) is 45.0 Å². The van der Waals surface area contributed by atoms with Crippen molar-refractivity contribution in [2.24, 2.45) is 0 Å². The summed E-state index contributed by atoms with van der Waals surface area (Å²) in [7, 11) is -2.55. The fraction of sp³-hybridized carbons (Fsp3) is 0.316. The number of benzene rings is 1. The maximum atomic E-state index is 13.8. The number of anilines is 1. The van der Waals surface area contributed by atoms with E-state index in [1.54, 1.807) is 17.7 Å². The van der Waals surface area contributed by atoms with Crippen LogP contribution in [0.3, 0.4) is 0 Å². The molecular weight excluding hydrogens is 411 g/mol. The number of ether oxygens (including phenoxy) is 1. The van der Waals surface area contributed by atoms with Gasteiger partial charge < -0.3 is 10.1 Å². The molecule has 0 spiro atoms. The Balaban J connectivity index is 1.64. The number of rotatable bonds is 8. The first-order chi connectivity index (χ1) is 14.2. The van der Waals surface area contributed by atoms with Crippen LogP contribution >= 0.6 is 0 Å². The van der Waals surface area contributed by atoms with Crippen molar-refractivity contribution in [3.63, 3.8) is 0 Å². The van der Waals surface area contributed by atoms with Gasteiger partial charge in [0.1, 0.15) is 11.6 Å². The summed E-state index contributed by atoms with van der Waals surface area (Å²) >= 11 is 0. The number of nitrogens with one attached hydrogen (secondary N) is 2. The zero-order valence-electron chi connectivity index (χ0n) is 17.1. The van der Waals surface area contributed by atoms with Gasteiger partial charge in [0.2, 0.25) is 10.0 Å². The van der Waals surface area contributed by atoms with E-state index in [4.69, 9.17) is 4.74 Å². The first kappa shape index (κ1) is 21.7. The monoisotopic (exact) mass is 434 g/mol. The SMILES string of the molecule is COc1ccc(S(=O)(=O)NCCNc2cc(-n3nc(C)cc3C)nc(C)n2)cc1F. The van der Waals surface area contributed by atoms with Crippen molar-refractivity contribution in [2.45, 2.75) is 25.7 Å². The highest BCUT2D eigenvalue weighted by Gasteiger charge is 2.16. The van der Waals surface area contributed by atoms with Crippen LogP contribution in [0.25, 0.3) is 5.82 Å². The van der Waals surface area contributed by atoms with Gasteiger partial charge in [-0.2, -0.15) is 5.10 Å². The van der Waals surface area contributed by atoms with Crippen molar-refractivity contribution in [2.75, 3.05) is 25.5 Å². The van der Waals surface area contributed by atoms with Gasteiger partial charge in [-0.3, -0.25) is 0 Å². The maximum Gasteiger partial charge on any atom is 0.240 e. The zero-order chi connectivity index (χ0) is 21.9. The zero-order valence-corrected chi connectivity index (χ0v) is 17.9. The van der Waals surface area contributed by atoms with E-state index in [9.17, 15) is 12.8 Å². The predicted octanol–water partition coefficient (Wildman–Crippen LogP) is 2.13. The van der Waals surface area contributed by atoms with Crippen LogP contribution in [-0.2, 0) is 10.0 Å².